The van der Waals surface area contributed by atoms with Gasteiger partial charge in [-0.05, 0) is 61.8 Å². The number of likely N-dealkylation sites (tertiary alicyclic amines) is 1. The fourth-order valence-electron chi connectivity index (χ4n) is 6.38. The molecule has 11 heteroatoms. The van der Waals surface area contributed by atoms with E-state index < -0.39 is 29.1 Å². The SMILES string of the molecule is O=C(CN1CC[C@@H]2NC(=O)[C@@H](Cc3ccccc3)NC(=O)C3(C/C=C/C[C@H]2C1)CCOCC3)Nc1cccc(C(F)(F)F)c1. The van der Waals surface area contributed by atoms with Gasteiger partial charge in [-0.1, -0.05) is 48.6 Å². The van der Waals surface area contributed by atoms with Crippen LogP contribution in [0.2, 0.25) is 0 Å². The average Bonchev–Trinajstić information content (AvgIpc) is 3.00. The first-order valence-electron chi connectivity index (χ1n) is 15.2. The Hall–Kier alpha value is -3.70. The van der Waals surface area contributed by atoms with Crippen molar-refractivity contribution in [3.63, 3.8) is 0 Å². The smallest absolute Gasteiger partial charge is 0.381 e. The zero-order valence-corrected chi connectivity index (χ0v) is 24.6. The summed E-state index contributed by atoms with van der Waals surface area (Å²) in [7, 11) is 0. The molecule has 0 aliphatic carbocycles. The van der Waals surface area contributed by atoms with Crippen molar-refractivity contribution in [1.82, 2.24) is 15.5 Å². The molecule has 3 aliphatic rings. The van der Waals surface area contributed by atoms with Crippen LogP contribution < -0.4 is 16.0 Å². The number of ether oxygens (including phenoxy) is 1. The van der Waals surface area contributed by atoms with E-state index in [4.69, 9.17) is 4.74 Å². The minimum Gasteiger partial charge on any atom is -0.381 e. The molecular weight excluding hydrogens is 573 g/mol. The monoisotopic (exact) mass is 612 g/mol. The highest BCUT2D eigenvalue weighted by Crippen LogP contribution is 2.36. The van der Waals surface area contributed by atoms with Crippen molar-refractivity contribution in [3.05, 3.63) is 77.9 Å². The van der Waals surface area contributed by atoms with E-state index in [1.807, 2.05) is 35.2 Å². The summed E-state index contributed by atoms with van der Waals surface area (Å²) in [5.74, 6) is -0.758. The standard InChI is InChI=1S/C33H39F3N4O4/c34-33(35,36)25-10-6-11-26(20-25)37-29(41)22-40-16-12-27-24(21-40)9-4-5-13-32(14-17-44-18-15-32)31(43)39-28(30(42)38-27)19-23-7-2-1-3-8-23/h1-8,10-11,20,24,27-28H,9,12-19,21-22H2,(H,37,41)(H,38,42)(H,39,43)/b5-4+/t24-,27-,28+/m0/s1. The quantitative estimate of drug-likeness (QED) is 0.437. The van der Waals surface area contributed by atoms with Crippen molar-refractivity contribution in [2.45, 2.75) is 56.8 Å². The Labute approximate surface area is 255 Å². The summed E-state index contributed by atoms with van der Waals surface area (Å²) in [5, 5.41) is 8.88. The molecule has 2 saturated heterocycles. The first-order valence-corrected chi connectivity index (χ1v) is 15.2. The van der Waals surface area contributed by atoms with Crippen LogP contribution in [0, 0.1) is 11.3 Å². The van der Waals surface area contributed by atoms with Crippen LogP contribution in [0.25, 0.3) is 0 Å². The molecule has 236 valence electrons. The number of carbonyl (C=O) groups is 3. The Bertz CT molecular complexity index is 1340. The van der Waals surface area contributed by atoms with Gasteiger partial charge in [0.25, 0.3) is 0 Å². The lowest BCUT2D eigenvalue weighted by Crippen LogP contribution is -2.58. The second-order valence-electron chi connectivity index (χ2n) is 12.0. The molecule has 0 saturated carbocycles. The van der Waals surface area contributed by atoms with Crippen LogP contribution in [0.4, 0.5) is 18.9 Å². The number of amides is 3. The molecule has 3 aliphatic heterocycles. The van der Waals surface area contributed by atoms with Gasteiger partial charge in [-0.25, -0.2) is 0 Å². The molecule has 2 fully saturated rings. The predicted octanol–water partition coefficient (Wildman–Crippen LogP) is 4.32. The lowest BCUT2D eigenvalue weighted by Gasteiger charge is -2.40. The number of allylic oxidation sites excluding steroid dienone is 2. The van der Waals surface area contributed by atoms with Crippen LogP contribution >= 0.6 is 0 Å². The van der Waals surface area contributed by atoms with Crippen LogP contribution in [0.5, 0.6) is 0 Å². The van der Waals surface area contributed by atoms with Gasteiger partial charge in [0.2, 0.25) is 17.7 Å². The number of nitrogens with one attached hydrogen (secondary N) is 3. The molecular formula is C33H39F3N4O4. The van der Waals surface area contributed by atoms with Crippen LogP contribution in [-0.4, -0.2) is 67.6 Å². The summed E-state index contributed by atoms with van der Waals surface area (Å²) in [6.45, 7) is 2.05. The molecule has 5 rings (SSSR count). The Balaban J connectivity index is 1.30. The van der Waals surface area contributed by atoms with Crippen molar-refractivity contribution in [2.24, 2.45) is 11.3 Å². The topological polar surface area (TPSA) is 99.8 Å². The van der Waals surface area contributed by atoms with Crippen LogP contribution in [-0.2, 0) is 31.7 Å². The predicted molar refractivity (Wildman–Crippen MR) is 159 cm³/mol. The van der Waals surface area contributed by atoms with Gasteiger partial charge in [-0.2, -0.15) is 13.2 Å². The number of piperidine rings is 1. The zero-order chi connectivity index (χ0) is 31.2. The number of nitrogens with zero attached hydrogens (tertiary/aromatic N) is 1. The third-order valence-corrected chi connectivity index (χ3v) is 8.94. The van der Waals surface area contributed by atoms with Gasteiger partial charge in [-0.15, -0.1) is 0 Å². The first-order chi connectivity index (χ1) is 21.1. The van der Waals surface area contributed by atoms with Gasteiger partial charge in [0, 0.05) is 44.5 Å². The van der Waals surface area contributed by atoms with E-state index in [9.17, 15) is 27.6 Å². The van der Waals surface area contributed by atoms with E-state index in [0.29, 0.717) is 64.8 Å². The molecule has 0 bridgehead atoms. The first kappa shape index (κ1) is 31.7. The van der Waals surface area contributed by atoms with E-state index in [1.54, 1.807) is 0 Å². The van der Waals surface area contributed by atoms with Crippen LogP contribution in [0.3, 0.4) is 0 Å². The maximum Gasteiger partial charge on any atom is 0.416 e. The number of fused-ring (bicyclic) bond motifs is 1. The number of benzene rings is 2. The molecule has 2 aromatic carbocycles. The van der Waals surface area contributed by atoms with Crippen LogP contribution in [0.15, 0.2) is 66.7 Å². The summed E-state index contributed by atoms with van der Waals surface area (Å²) >= 11 is 0. The van der Waals surface area contributed by atoms with Gasteiger partial charge in [0.1, 0.15) is 6.04 Å². The molecule has 0 unspecified atom stereocenters. The molecule has 3 N–H and O–H groups in total. The van der Waals surface area contributed by atoms with E-state index in [2.05, 4.69) is 28.1 Å². The fourth-order valence-corrected chi connectivity index (χ4v) is 6.38. The number of halogens is 3. The summed E-state index contributed by atoms with van der Waals surface area (Å²) < 4.78 is 44.9. The van der Waals surface area contributed by atoms with Crippen LogP contribution in [0.1, 0.15) is 43.2 Å². The lowest BCUT2D eigenvalue weighted by molar-refractivity contribution is -0.140. The number of hydrogen-bond donors (Lipinski definition) is 3. The normalized spacial score (nSPS) is 25.5. The minimum absolute atomic E-state index is 0.00319. The van der Waals surface area contributed by atoms with Crippen molar-refractivity contribution in [1.29, 1.82) is 0 Å². The Morgan fingerprint density at radius 3 is 2.55 bits per heavy atom. The summed E-state index contributed by atoms with van der Waals surface area (Å²) in [5.41, 5.74) is -0.437. The minimum atomic E-state index is -4.50. The average molecular weight is 613 g/mol. The number of hydrogen-bond acceptors (Lipinski definition) is 5. The third kappa shape index (κ3) is 8.06. The third-order valence-electron chi connectivity index (χ3n) is 8.94. The van der Waals surface area contributed by atoms with Gasteiger partial charge in [-0.3, -0.25) is 19.3 Å². The van der Waals surface area contributed by atoms with Gasteiger partial charge in [0.05, 0.1) is 17.5 Å². The maximum atomic E-state index is 13.7. The van der Waals surface area contributed by atoms with Crippen molar-refractivity contribution in [3.8, 4) is 0 Å². The van der Waals surface area contributed by atoms with Crippen molar-refractivity contribution >= 4 is 23.4 Å². The molecule has 3 amide bonds. The maximum absolute atomic E-state index is 13.7. The Kier molecular flexibility index (Phi) is 10.1. The zero-order valence-electron chi connectivity index (χ0n) is 24.6. The second kappa shape index (κ2) is 13.9. The number of rotatable bonds is 5. The van der Waals surface area contributed by atoms with Gasteiger partial charge < -0.3 is 20.7 Å². The molecule has 3 atom stereocenters. The number of anilines is 1. The largest absolute Gasteiger partial charge is 0.416 e. The van der Waals surface area contributed by atoms with Gasteiger partial charge >= 0.3 is 6.18 Å². The highest BCUT2D eigenvalue weighted by Gasteiger charge is 2.41. The molecule has 8 nitrogen and oxygen atoms in total. The lowest BCUT2D eigenvalue weighted by atomic mass is 9.75. The number of carbonyl (C=O) groups excluding carboxylic acids is 3. The second-order valence-corrected chi connectivity index (χ2v) is 12.0. The highest BCUT2D eigenvalue weighted by molar-refractivity contribution is 5.92. The number of alkyl halides is 3. The summed E-state index contributed by atoms with van der Waals surface area (Å²) in [6.07, 6.45) is 2.90. The van der Waals surface area contributed by atoms with Gasteiger partial charge in [0.15, 0.2) is 0 Å². The molecule has 44 heavy (non-hydrogen) atoms. The molecule has 2 aromatic rings. The van der Waals surface area contributed by atoms with E-state index in [1.165, 1.54) is 12.1 Å². The molecule has 0 aromatic heterocycles. The molecule has 3 heterocycles. The van der Waals surface area contributed by atoms with Crippen molar-refractivity contribution in [2.75, 3.05) is 38.2 Å². The van der Waals surface area contributed by atoms with Crippen molar-refractivity contribution < 1.29 is 32.3 Å². The molecule has 1 spiro atoms. The van der Waals surface area contributed by atoms with E-state index in [-0.39, 0.29) is 36.0 Å². The molecule has 0 radical (unpaired) electrons. The Morgan fingerprint density at radius 1 is 1.02 bits per heavy atom. The summed E-state index contributed by atoms with van der Waals surface area (Å²) in [4.78, 5) is 42.2. The highest BCUT2D eigenvalue weighted by atomic mass is 19.4. The van der Waals surface area contributed by atoms with E-state index >= 15 is 0 Å². The van der Waals surface area contributed by atoms with E-state index in [0.717, 1.165) is 17.7 Å². The summed E-state index contributed by atoms with van der Waals surface area (Å²) in [6, 6.07) is 13.3. The Morgan fingerprint density at radius 2 is 1.80 bits per heavy atom. The fraction of sp³-hybridized carbons (Fsp3) is 0.485.